The van der Waals surface area contributed by atoms with Gasteiger partial charge in [0.2, 0.25) is 12.5 Å². The number of halogens is 2. The maximum atomic E-state index is 13.1. The van der Waals surface area contributed by atoms with Crippen molar-refractivity contribution in [3.63, 3.8) is 0 Å². The fourth-order valence-electron chi connectivity index (χ4n) is 4.11. The molecule has 4 atom stereocenters. The normalized spacial score (nSPS) is 21.0. The van der Waals surface area contributed by atoms with Gasteiger partial charge in [-0.15, -0.1) is 0 Å². The van der Waals surface area contributed by atoms with E-state index in [9.17, 15) is 28.3 Å². The van der Waals surface area contributed by atoms with Crippen LogP contribution in [0.25, 0.3) is 0 Å². The van der Waals surface area contributed by atoms with Crippen LogP contribution in [0.4, 0.5) is 8.78 Å². The number of ether oxygens (including phenoxy) is 1. The lowest BCUT2D eigenvalue weighted by molar-refractivity contribution is -0.157. The van der Waals surface area contributed by atoms with E-state index in [1.165, 1.54) is 0 Å². The van der Waals surface area contributed by atoms with Crippen LogP contribution in [0, 0.1) is 17.8 Å². The third-order valence-electron chi connectivity index (χ3n) is 6.01. The average Bonchev–Trinajstić information content (AvgIpc) is 3.08. The maximum Gasteiger partial charge on any atom is 0.342 e. The molecule has 0 spiro atoms. The molecule has 0 saturated heterocycles. The quantitative estimate of drug-likeness (QED) is 0.156. The lowest BCUT2D eigenvalue weighted by Gasteiger charge is -2.16. The fourth-order valence-corrected chi connectivity index (χ4v) is 4.11. The smallest absolute Gasteiger partial charge is 0.342 e. The Morgan fingerprint density at radius 2 is 1.94 bits per heavy atom. The highest BCUT2D eigenvalue weighted by Gasteiger charge is 2.32. The number of aliphatic hydroxyl groups excluding tert-OH is 1. The number of aliphatic hydroxyl groups is 1. The van der Waals surface area contributed by atoms with Gasteiger partial charge in [0.1, 0.15) is 5.78 Å². The molecule has 1 N–H and O–H groups in total. The molecule has 0 aliphatic heterocycles. The maximum absolute atomic E-state index is 13.1. The number of hydrogen-bond acceptors (Lipinski definition) is 5. The van der Waals surface area contributed by atoms with E-state index in [2.05, 4.69) is 4.74 Å². The van der Waals surface area contributed by atoms with Crippen LogP contribution in [0.3, 0.4) is 0 Å². The van der Waals surface area contributed by atoms with Gasteiger partial charge in [-0.25, -0.2) is 13.6 Å². The molecule has 0 heterocycles. The zero-order valence-electron chi connectivity index (χ0n) is 18.9. The molecule has 1 aliphatic carbocycles. The summed E-state index contributed by atoms with van der Waals surface area (Å²) in [7, 11) is 0. The number of ketones is 2. The van der Waals surface area contributed by atoms with Crippen LogP contribution >= 0.6 is 0 Å². The molecular weight excluding hydrogens is 406 g/mol. The number of unbranched alkanes of at least 4 members (excludes halogenated alkanes) is 3. The summed E-state index contributed by atoms with van der Waals surface area (Å²) in [5.41, 5.74) is 0. The predicted molar refractivity (Wildman–Crippen MR) is 115 cm³/mol. The summed E-state index contributed by atoms with van der Waals surface area (Å²) in [4.78, 5) is 35.4. The Morgan fingerprint density at radius 1 is 1.19 bits per heavy atom. The third kappa shape index (κ3) is 10.0. The summed E-state index contributed by atoms with van der Waals surface area (Å²) >= 11 is 0. The molecule has 0 radical (unpaired) electrons. The van der Waals surface area contributed by atoms with Crippen LogP contribution in [-0.4, -0.2) is 41.8 Å². The first-order valence-electron chi connectivity index (χ1n) is 11.7. The number of carbonyl (C=O) groups is 3. The second kappa shape index (κ2) is 15.2. The predicted octanol–water partition coefficient (Wildman–Crippen LogP) is 5.04. The van der Waals surface area contributed by atoms with Crippen molar-refractivity contribution in [1.82, 2.24) is 0 Å². The van der Waals surface area contributed by atoms with Gasteiger partial charge >= 0.3 is 5.97 Å². The number of rotatable bonds is 16. The number of Topliss-reactive ketones (excluding diaryl/α,β-unsaturated/α-hetero) is 2. The number of hydrogen-bond donors (Lipinski definition) is 1. The van der Waals surface area contributed by atoms with Crippen molar-refractivity contribution in [3.05, 3.63) is 12.2 Å². The molecule has 7 heteroatoms. The molecule has 0 bridgehead atoms. The second-order valence-electron chi connectivity index (χ2n) is 8.40. The molecule has 1 saturated carbocycles. The van der Waals surface area contributed by atoms with E-state index in [1.807, 2.05) is 19.1 Å². The largest absolute Gasteiger partial charge is 0.464 e. The topological polar surface area (TPSA) is 80.7 Å². The highest BCUT2D eigenvalue weighted by atomic mass is 19.3. The van der Waals surface area contributed by atoms with Crippen molar-refractivity contribution < 1.29 is 33.0 Å². The van der Waals surface area contributed by atoms with Gasteiger partial charge in [-0.05, 0) is 44.9 Å². The van der Waals surface area contributed by atoms with Gasteiger partial charge in [-0.1, -0.05) is 44.8 Å². The Morgan fingerprint density at radius 3 is 2.58 bits per heavy atom. The molecule has 1 unspecified atom stereocenters. The van der Waals surface area contributed by atoms with Crippen molar-refractivity contribution in [1.29, 1.82) is 0 Å². The van der Waals surface area contributed by atoms with Crippen molar-refractivity contribution in [2.75, 3.05) is 6.61 Å². The summed E-state index contributed by atoms with van der Waals surface area (Å²) in [5.74, 6) is -1.84. The molecule has 0 aromatic rings. The van der Waals surface area contributed by atoms with Gasteiger partial charge in [0.25, 0.3) is 0 Å². The van der Waals surface area contributed by atoms with Crippen LogP contribution in [0.15, 0.2) is 12.2 Å². The average molecular weight is 445 g/mol. The zero-order chi connectivity index (χ0) is 23.2. The van der Waals surface area contributed by atoms with Crippen LogP contribution in [0.5, 0.6) is 0 Å². The van der Waals surface area contributed by atoms with Gasteiger partial charge in [0, 0.05) is 24.7 Å². The van der Waals surface area contributed by atoms with E-state index >= 15 is 0 Å². The highest BCUT2D eigenvalue weighted by molar-refractivity contribution is 6.01. The van der Waals surface area contributed by atoms with Gasteiger partial charge in [-0.3, -0.25) is 9.59 Å². The van der Waals surface area contributed by atoms with Crippen LogP contribution in [-0.2, 0) is 19.1 Å². The van der Waals surface area contributed by atoms with Crippen LogP contribution in [0.2, 0.25) is 0 Å². The minimum absolute atomic E-state index is 0.0854. The first-order chi connectivity index (χ1) is 14.8. The Kier molecular flexibility index (Phi) is 13.5. The van der Waals surface area contributed by atoms with E-state index in [4.69, 9.17) is 0 Å². The van der Waals surface area contributed by atoms with E-state index in [0.717, 1.165) is 25.7 Å². The Balaban J connectivity index is 2.38. The Bertz CT molecular complexity index is 591. The third-order valence-corrected chi connectivity index (χ3v) is 6.01. The molecule has 31 heavy (non-hydrogen) atoms. The number of allylic oxidation sites excluding steroid dienone is 2. The van der Waals surface area contributed by atoms with Gasteiger partial charge in [0.05, 0.1) is 6.61 Å². The van der Waals surface area contributed by atoms with Crippen molar-refractivity contribution >= 4 is 17.5 Å². The molecule has 1 aliphatic rings. The summed E-state index contributed by atoms with van der Waals surface area (Å²) in [5, 5.41) is 9.60. The first-order valence-corrected chi connectivity index (χ1v) is 11.7. The molecule has 0 aromatic carbocycles. The molecule has 5 nitrogen and oxygen atoms in total. The van der Waals surface area contributed by atoms with Crippen molar-refractivity contribution in [3.8, 4) is 0 Å². The van der Waals surface area contributed by atoms with E-state index < -0.39 is 30.2 Å². The molecular formula is C24H38F2O5. The van der Waals surface area contributed by atoms with Gasteiger partial charge < -0.3 is 9.84 Å². The van der Waals surface area contributed by atoms with Crippen LogP contribution < -0.4 is 0 Å². The number of alkyl halides is 2. The summed E-state index contributed by atoms with van der Waals surface area (Å²) in [6, 6.07) is 0. The van der Waals surface area contributed by atoms with E-state index in [-0.39, 0.29) is 30.6 Å². The molecule has 178 valence electrons. The second-order valence-corrected chi connectivity index (χ2v) is 8.40. The molecule has 0 aromatic heterocycles. The summed E-state index contributed by atoms with van der Waals surface area (Å²) < 4.78 is 30.9. The van der Waals surface area contributed by atoms with E-state index in [1.54, 1.807) is 6.92 Å². The lowest BCUT2D eigenvalue weighted by atomic mass is 9.88. The Labute approximate surface area is 184 Å². The van der Waals surface area contributed by atoms with Gasteiger partial charge in [0.15, 0.2) is 5.78 Å². The molecule has 1 fully saturated rings. The number of carbonyl (C=O) groups excluding carboxylic acids is 3. The minimum Gasteiger partial charge on any atom is -0.464 e. The SMILES string of the molecule is CCCC[C@@H](CC=C[C@H]1CCC(=O)[C@@H]1CCCCCC(=O)C(O)C(=O)OCC)C(F)F. The van der Waals surface area contributed by atoms with Gasteiger partial charge in [-0.2, -0.15) is 0 Å². The van der Waals surface area contributed by atoms with E-state index in [0.29, 0.717) is 38.5 Å². The summed E-state index contributed by atoms with van der Waals surface area (Å²) in [6.45, 7) is 3.70. The highest BCUT2D eigenvalue weighted by Crippen LogP contribution is 2.34. The summed E-state index contributed by atoms with van der Waals surface area (Å²) in [6.07, 6.45) is 6.41. The molecule has 1 rings (SSSR count). The standard InChI is InChI=1S/C24H38F2O5/c1-3-5-10-18(23(25)26)12-9-11-17-15-16-20(27)19(17)13-7-6-8-14-21(28)22(29)24(30)31-4-2/h9,11,17-19,22-23,29H,3-8,10,12-16H2,1-2H3/t17-,18-,19+,22?/m0/s1. The molecule has 0 amide bonds. The van der Waals surface area contributed by atoms with Crippen LogP contribution in [0.1, 0.15) is 84.5 Å². The Hall–Kier alpha value is -1.63. The van der Waals surface area contributed by atoms with Crippen molar-refractivity contribution in [2.45, 2.75) is 97.0 Å². The van der Waals surface area contributed by atoms with Crippen molar-refractivity contribution in [2.24, 2.45) is 17.8 Å². The number of esters is 1. The first kappa shape index (κ1) is 27.4. The monoisotopic (exact) mass is 444 g/mol. The zero-order valence-corrected chi connectivity index (χ0v) is 18.9. The minimum atomic E-state index is -2.32. The lowest BCUT2D eigenvalue weighted by Crippen LogP contribution is -2.31. The fraction of sp³-hybridized carbons (Fsp3) is 0.792.